The Labute approximate surface area is 109 Å². The predicted octanol–water partition coefficient (Wildman–Crippen LogP) is 4.70. The van der Waals surface area contributed by atoms with Gasteiger partial charge in [0, 0.05) is 0 Å². The summed E-state index contributed by atoms with van der Waals surface area (Å²) in [7, 11) is 0. The Kier molecular flexibility index (Phi) is 7.36. The zero-order valence-electron chi connectivity index (χ0n) is 8.74. The van der Waals surface area contributed by atoms with Crippen LogP contribution in [0.2, 0.25) is 0 Å². The largest absolute Gasteiger partial charge is 0.147 e. The lowest BCUT2D eigenvalue weighted by Gasteiger charge is -1.92. The van der Waals surface area contributed by atoms with E-state index in [1.807, 2.05) is 36.4 Å². The summed E-state index contributed by atoms with van der Waals surface area (Å²) in [6.45, 7) is 0. The Bertz CT molecular complexity index is 366. The maximum Gasteiger partial charge on any atom is -0.0256 e. The molecule has 0 nitrogen and oxygen atoms in total. The number of halogens is 2. The van der Waals surface area contributed by atoms with Gasteiger partial charge >= 0.3 is 0 Å². The summed E-state index contributed by atoms with van der Waals surface area (Å²) in [5.74, 6) is 0. The predicted molar refractivity (Wildman–Crippen MR) is 76.3 cm³/mol. The van der Waals surface area contributed by atoms with Gasteiger partial charge < -0.3 is 0 Å². The quantitative estimate of drug-likeness (QED) is 0.680. The number of benzene rings is 2. The molecule has 0 heterocycles. The average molecular weight is 253 g/mol. The summed E-state index contributed by atoms with van der Waals surface area (Å²) in [6.07, 6.45) is 4.24. The van der Waals surface area contributed by atoms with E-state index >= 15 is 0 Å². The second-order valence-corrected chi connectivity index (χ2v) is 3.15. The van der Waals surface area contributed by atoms with Gasteiger partial charge in [0.1, 0.15) is 0 Å². The summed E-state index contributed by atoms with van der Waals surface area (Å²) in [6, 6.07) is 20.6. The highest BCUT2D eigenvalue weighted by molar-refractivity contribution is 5.85. The van der Waals surface area contributed by atoms with Gasteiger partial charge in [-0.15, -0.1) is 24.8 Å². The second kappa shape index (κ2) is 7.98. The molecule has 0 bridgehead atoms. The molecule has 2 aromatic carbocycles. The molecule has 16 heavy (non-hydrogen) atoms. The van der Waals surface area contributed by atoms with Crippen molar-refractivity contribution in [2.24, 2.45) is 0 Å². The van der Waals surface area contributed by atoms with E-state index in [0.717, 1.165) is 0 Å². The fourth-order valence-electron chi connectivity index (χ4n) is 1.32. The SMILES string of the molecule is C(=C\c1ccccc1)/c1ccccc1.Cl.Cl. The Morgan fingerprint density at radius 3 is 1.12 bits per heavy atom. The van der Waals surface area contributed by atoms with E-state index in [0.29, 0.717) is 0 Å². The minimum atomic E-state index is 0. The first-order valence-corrected chi connectivity index (χ1v) is 4.73. The molecule has 0 saturated heterocycles. The summed E-state index contributed by atoms with van der Waals surface area (Å²) in [5.41, 5.74) is 2.47. The van der Waals surface area contributed by atoms with E-state index in [1.54, 1.807) is 0 Å². The van der Waals surface area contributed by atoms with Crippen molar-refractivity contribution in [2.75, 3.05) is 0 Å². The molecule has 2 aromatic rings. The minimum Gasteiger partial charge on any atom is -0.147 e. The van der Waals surface area contributed by atoms with Crippen molar-refractivity contribution in [3.8, 4) is 0 Å². The van der Waals surface area contributed by atoms with Crippen molar-refractivity contribution in [3.63, 3.8) is 0 Å². The van der Waals surface area contributed by atoms with Gasteiger partial charge in [-0.1, -0.05) is 72.8 Å². The highest BCUT2D eigenvalue weighted by atomic mass is 35.5. The standard InChI is InChI=1S/C14H12.2ClH/c1-3-7-13(8-4-1)11-12-14-9-5-2-6-10-14;;/h1-12H;2*1H/b12-11+;;. The third-order valence-corrected chi connectivity index (χ3v) is 2.07. The van der Waals surface area contributed by atoms with Crippen LogP contribution in [0.5, 0.6) is 0 Å². The van der Waals surface area contributed by atoms with Crippen LogP contribution in [0, 0.1) is 0 Å². The van der Waals surface area contributed by atoms with E-state index in [9.17, 15) is 0 Å². The minimum absolute atomic E-state index is 0. The lowest BCUT2D eigenvalue weighted by Crippen LogP contribution is -1.70. The molecule has 0 aliphatic heterocycles. The maximum absolute atomic E-state index is 2.12. The fourth-order valence-corrected chi connectivity index (χ4v) is 1.32. The molecule has 0 unspecified atom stereocenters. The van der Waals surface area contributed by atoms with Crippen LogP contribution in [0.25, 0.3) is 12.2 Å². The zero-order chi connectivity index (χ0) is 9.64. The molecule has 0 saturated carbocycles. The second-order valence-electron chi connectivity index (χ2n) is 3.15. The maximum atomic E-state index is 2.12. The van der Waals surface area contributed by atoms with Crippen molar-refractivity contribution in [3.05, 3.63) is 71.8 Å². The van der Waals surface area contributed by atoms with Crippen LogP contribution in [-0.4, -0.2) is 0 Å². The van der Waals surface area contributed by atoms with Crippen LogP contribution in [0.4, 0.5) is 0 Å². The van der Waals surface area contributed by atoms with Crippen LogP contribution in [0.1, 0.15) is 11.1 Å². The molecule has 0 aliphatic rings. The summed E-state index contributed by atoms with van der Waals surface area (Å²) < 4.78 is 0. The molecular weight excluding hydrogens is 239 g/mol. The van der Waals surface area contributed by atoms with Gasteiger partial charge in [-0.25, -0.2) is 0 Å². The first kappa shape index (κ1) is 14.8. The molecule has 0 radical (unpaired) electrons. The third kappa shape index (κ3) is 4.52. The topological polar surface area (TPSA) is 0 Å². The van der Waals surface area contributed by atoms with Gasteiger partial charge in [-0.3, -0.25) is 0 Å². The molecule has 0 spiro atoms. The van der Waals surface area contributed by atoms with Crippen LogP contribution in [-0.2, 0) is 0 Å². The molecule has 0 N–H and O–H groups in total. The van der Waals surface area contributed by atoms with E-state index in [2.05, 4.69) is 36.4 Å². The highest BCUT2D eigenvalue weighted by Crippen LogP contribution is 2.06. The fraction of sp³-hybridized carbons (Fsp3) is 0. The average Bonchev–Trinajstić information content (AvgIpc) is 2.29. The Morgan fingerprint density at radius 1 is 0.500 bits per heavy atom. The summed E-state index contributed by atoms with van der Waals surface area (Å²) in [5, 5.41) is 0. The first-order chi connectivity index (χ1) is 6.95. The Hall–Kier alpha value is -1.24. The summed E-state index contributed by atoms with van der Waals surface area (Å²) >= 11 is 0. The molecule has 2 rings (SSSR count). The van der Waals surface area contributed by atoms with Crippen molar-refractivity contribution >= 4 is 37.0 Å². The number of hydrogen-bond donors (Lipinski definition) is 0. The zero-order valence-corrected chi connectivity index (χ0v) is 10.4. The van der Waals surface area contributed by atoms with Crippen LogP contribution < -0.4 is 0 Å². The van der Waals surface area contributed by atoms with Gasteiger partial charge in [0.05, 0.1) is 0 Å². The first-order valence-electron chi connectivity index (χ1n) is 4.73. The normalized spacial score (nSPS) is 9.25. The van der Waals surface area contributed by atoms with Crippen molar-refractivity contribution in [2.45, 2.75) is 0 Å². The van der Waals surface area contributed by atoms with Crippen molar-refractivity contribution in [1.82, 2.24) is 0 Å². The monoisotopic (exact) mass is 252 g/mol. The van der Waals surface area contributed by atoms with Crippen LogP contribution >= 0.6 is 24.8 Å². The Balaban J connectivity index is 0.00000112. The number of hydrogen-bond acceptors (Lipinski definition) is 0. The van der Waals surface area contributed by atoms with Crippen molar-refractivity contribution < 1.29 is 0 Å². The van der Waals surface area contributed by atoms with Gasteiger partial charge in [-0.05, 0) is 11.1 Å². The van der Waals surface area contributed by atoms with E-state index in [-0.39, 0.29) is 24.8 Å². The van der Waals surface area contributed by atoms with Crippen LogP contribution in [0.15, 0.2) is 60.7 Å². The molecule has 0 aromatic heterocycles. The van der Waals surface area contributed by atoms with Crippen LogP contribution in [0.3, 0.4) is 0 Å². The molecule has 2 heteroatoms. The van der Waals surface area contributed by atoms with E-state index in [4.69, 9.17) is 0 Å². The third-order valence-electron chi connectivity index (χ3n) is 2.07. The van der Waals surface area contributed by atoms with Gasteiger partial charge in [0.15, 0.2) is 0 Å². The molecule has 0 amide bonds. The molecule has 0 aliphatic carbocycles. The van der Waals surface area contributed by atoms with Crippen molar-refractivity contribution in [1.29, 1.82) is 0 Å². The van der Waals surface area contributed by atoms with E-state index < -0.39 is 0 Å². The number of rotatable bonds is 2. The van der Waals surface area contributed by atoms with Gasteiger partial charge in [-0.2, -0.15) is 0 Å². The lowest BCUT2D eigenvalue weighted by molar-refractivity contribution is 1.65. The smallest absolute Gasteiger partial charge is 0.0256 e. The van der Waals surface area contributed by atoms with Gasteiger partial charge in [0.25, 0.3) is 0 Å². The summed E-state index contributed by atoms with van der Waals surface area (Å²) in [4.78, 5) is 0. The molecule has 0 fully saturated rings. The highest BCUT2D eigenvalue weighted by Gasteiger charge is 1.84. The van der Waals surface area contributed by atoms with Gasteiger partial charge in [0.2, 0.25) is 0 Å². The van der Waals surface area contributed by atoms with E-state index in [1.165, 1.54) is 11.1 Å². The molecular formula is C14H14Cl2. The lowest BCUT2D eigenvalue weighted by atomic mass is 10.1. The molecule has 0 atom stereocenters. The molecule has 84 valence electrons. The Morgan fingerprint density at radius 2 is 0.812 bits per heavy atom.